The van der Waals surface area contributed by atoms with E-state index < -0.39 is 14.0 Å². The summed E-state index contributed by atoms with van der Waals surface area (Å²) in [6.45, 7) is 6.95. The molecule has 0 aliphatic rings. The largest absolute Gasteiger partial charge is 0.481 e. The average Bonchev–Trinajstić information content (AvgIpc) is 2.64. The Labute approximate surface area is 183 Å². The summed E-state index contributed by atoms with van der Waals surface area (Å²) in [5, 5.41) is 8.59. The molecule has 0 saturated carbocycles. The van der Waals surface area contributed by atoms with Crippen LogP contribution in [0.1, 0.15) is 128 Å². The van der Waals surface area contributed by atoms with E-state index in [1.54, 1.807) is 0 Å². The molecule has 0 bridgehead atoms. The zero-order chi connectivity index (χ0) is 21.6. The second-order valence-electron chi connectivity index (χ2n) is 9.81. The Morgan fingerprint density at radius 2 is 0.897 bits per heavy atom. The van der Waals surface area contributed by atoms with Gasteiger partial charge in [0, 0.05) is 12.8 Å². The van der Waals surface area contributed by atoms with E-state index in [9.17, 15) is 4.79 Å². The topological polar surface area (TPSA) is 37.3 Å². The number of aliphatic carboxylic acids is 1. The third-order valence-corrected chi connectivity index (χ3v) is 6.33. The van der Waals surface area contributed by atoms with Crippen LogP contribution in [0, 0.1) is 11.5 Å². The first-order chi connectivity index (χ1) is 13.9. The van der Waals surface area contributed by atoms with Crippen molar-refractivity contribution >= 4 is 14.0 Å². The van der Waals surface area contributed by atoms with Gasteiger partial charge in [0.05, 0.1) is 0 Å². The van der Waals surface area contributed by atoms with Gasteiger partial charge in [-0.15, -0.1) is 11.5 Å². The van der Waals surface area contributed by atoms with Crippen LogP contribution in [-0.2, 0) is 4.79 Å². The summed E-state index contributed by atoms with van der Waals surface area (Å²) < 4.78 is 0. The van der Waals surface area contributed by atoms with E-state index in [0.29, 0.717) is 6.42 Å². The van der Waals surface area contributed by atoms with Gasteiger partial charge in [0.1, 0.15) is 8.07 Å². The molecule has 2 nitrogen and oxygen atoms in total. The van der Waals surface area contributed by atoms with Gasteiger partial charge in [-0.05, 0) is 12.8 Å². The lowest BCUT2D eigenvalue weighted by Crippen LogP contribution is -2.16. The van der Waals surface area contributed by atoms with Crippen LogP contribution in [0.5, 0.6) is 0 Å². The Balaban J connectivity index is 3.10. The quantitative estimate of drug-likeness (QED) is 0.121. The summed E-state index contributed by atoms with van der Waals surface area (Å²) in [6.07, 6.45) is 25.4. The summed E-state index contributed by atoms with van der Waals surface area (Å²) in [5.41, 5.74) is 3.46. The van der Waals surface area contributed by atoms with Gasteiger partial charge < -0.3 is 5.11 Å². The number of hydrogen-bond donors (Lipinski definition) is 1. The van der Waals surface area contributed by atoms with E-state index in [1.807, 2.05) is 0 Å². The highest BCUT2D eigenvalue weighted by atomic mass is 28.3. The molecule has 0 aromatic rings. The fourth-order valence-corrected chi connectivity index (χ4v) is 4.30. The van der Waals surface area contributed by atoms with Crippen molar-refractivity contribution in [3.8, 4) is 11.5 Å². The van der Waals surface area contributed by atoms with E-state index in [1.165, 1.54) is 103 Å². The van der Waals surface area contributed by atoms with Crippen molar-refractivity contribution in [2.24, 2.45) is 0 Å². The molecule has 0 rings (SSSR count). The number of rotatable bonds is 20. The van der Waals surface area contributed by atoms with Crippen LogP contribution < -0.4 is 0 Å². The SMILES string of the molecule is C[Si](C)(C)C#CCCCCCCCCCCCCCCCCCCCCC(=O)O. The Bertz CT molecular complexity index is 428. The molecule has 170 valence electrons. The fourth-order valence-electron chi connectivity index (χ4n) is 3.65. The number of unbranched alkanes of at least 4 members (excludes halogenated alkanes) is 18. The highest BCUT2D eigenvalue weighted by Gasteiger charge is 2.06. The van der Waals surface area contributed by atoms with Crippen molar-refractivity contribution in [1.82, 2.24) is 0 Å². The molecule has 0 heterocycles. The molecule has 0 fully saturated rings. The molecule has 3 heteroatoms. The third-order valence-electron chi connectivity index (χ3n) is 5.41. The highest BCUT2D eigenvalue weighted by Crippen LogP contribution is 2.14. The van der Waals surface area contributed by atoms with Crippen molar-refractivity contribution in [2.75, 3.05) is 0 Å². The van der Waals surface area contributed by atoms with Crippen LogP contribution in [0.4, 0.5) is 0 Å². The molecule has 0 aromatic carbocycles. The smallest absolute Gasteiger partial charge is 0.303 e. The Kier molecular flexibility index (Phi) is 20.0. The first kappa shape index (κ1) is 28.2. The Morgan fingerprint density at radius 1 is 0.586 bits per heavy atom. The number of carbonyl (C=O) groups is 1. The van der Waals surface area contributed by atoms with Crippen LogP contribution >= 0.6 is 0 Å². The molecule has 0 amide bonds. The summed E-state index contributed by atoms with van der Waals surface area (Å²) in [6, 6.07) is 0. The third kappa shape index (κ3) is 27.2. The average molecular weight is 423 g/mol. The van der Waals surface area contributed by atoms with Crippen molar-refractivity contribution in [2.45, 2.75) is 148 Å². The van der Waals surface area contributed by atoms with Crippen molar-refractivity contribution in [3.05, 3.63) is 0 Å². The Morgan fingerprint density at radius 3 is 1.21 bits per heavy atom. The number of carboxylic acids is 1. The van der Waals surface area contributed by atoms with Crippen LogP contribution in [0.2, 0.25) is 19.6 Å². The van der Waals surface area contributed by atoms with Gasteiger partial charge in [0.25, 0.3) is 0 Å². The minimum Gasteiger partial charge on any atom is -0.481 e. The highest BCUT2D eigenvalue weighted by molar-refractivity contribution is 6.83. The fraction of sp³-hybridized carbons (Fsp3) is 0.885. The second-order valence-corrected chi connectivity index (χ2v) is 14.6. The predicted octanol–water partition coefficient (Wildman–Crippen LogP) is 8.75. The summed E-state index contributed by atoms with van der Waals surface area (Å²) >= 11 is 0. The minimum atomic E-state index is -1.15. The zero-order valence-corrected chi connectivity index (χ0v) is 21.0. The maximum absolute atomic E-state index is 10.4. The van der Waals surface area contributed by atoms with Crippen molar-refractivity contribution in [1.29, 1.82) is 0 Å². The van der Waals surface area contributed by atoms with Gasteiger partial charge in [0.15, 0.2) is 0 Å². The molecule has 0 aliphatic heterocycles. The van der Waals surface area contributed by atoms with Gasteiger partial charge in [-0.1, -0.05) is 122 Å². The van der Waals surface area contributed by atoms with E-state index in [-0.39, 0.29) is 0 Å². The van der Waals surface area contributed by atoms with Gasteiger partial charge in [-0.2, -0.15) is 0 Å². The van der Waals surface area contributed by atoms with Crippen LogP contribution in [0.15, 0.2) is 0 Å². The first-order valence-electron chi connectivity index (χ1n) is 12.6. The molecule has 0 unspecified atom stereocenters. The molecular formula is C26H50O2Si. The zero-order valence-electron chi connectivity index (χ0n) is 20.0. The maximum Gasteiger partial charge on any atom is 0.303 e. The lowest BCUT2D eigenvalue weighted by atomic mass is 10.0. The normalized spacial score (nSPS) is 11.3. The standard InChI is InChI=1S/C26H50O2Si/c1-29(2,3)25-23-21-19-17-15-13-11-9-7-5-4-6-8-10-12-14-16-18-20-22-24-26(27)28/h4-22,24H2,1-3H3,(H,27,28). The monoisotopic (exact) mass is 422 g/mol. The van der Waals surface area contributed by atoms with E-state index in [4.69, 9.17) is 5.11 Å². The van der Waals surface area contributed by atoms with Crippen LogP contribution in [0.25, 0.3) is 0 Å². The van der Waals surface area contributed by atoms with E-state index in [0.717, 1.165) is 19.3 Å². The summed E-state index contributed by atoms with van der Waals surface area (Å²) in [4.78, 5) is 10.4. The lowest BCUT2D eigenvalue weighted by molar-refractivity contribution is -0.137. The number of hydrogen-bond acceptors (Lipinski definition) is 1. The summed E-state index contributed by atoms with van der Waals surface area (Å²) in [5.74, 6) is 2.73. The molecule has 0 aliphatic carbocycles. The molecule has 0 saturated heterocycles. The van der Waals surface area contributed by atoms with Crippen LogP contribution in [0.3, 0.4) is 0 Å². The van der Waals surface area contributed by atoms with Gasteiger partial charge in [-0.3, -0.25) is 4.79 Å². The molecule has 0 radical (unpaired) electrons. The lowest BCUT2D eigenvalue weighted by Gasteiger charge is -2.04. The molecule has 0 spiro atoms. The summed E-state index contributed by atoms with van der Waals surface area (Å²) in [7, 11) is -1.15. The van der Waals surface area contributed by atoms with E-state index in [2.05, 4.69) is 31.1 Å². The van der Waals surface area contributed by atoms with Gasteiger partial charge >= 0.3 is 5.97 Å². The molecule has 0 aromatic heterocycles. The van der Waals surface area contributed by atoms with Crippen molar-refractivity contribution in [3.63, 3.8) is 0 Å². The van der Waals surface area contributed by atoms with Gasteiger partial charge in [-0.25, -0.2) is 0 Å². The second kappa shape index (κ2) is 20.5. The molecule has 0 atom stereocenters. The molecular weight excluding hydrogens is 372 g/mol. The van der Waals surface area contributed by atoms with Crippen LogP contribution in [-0.4, -0.2) is 19.1 Å². The molecule has 29 heavy (non-hydrogen) atoms. The van der Waals surface area contributed by atoms with Crippen molar-refractivity contribution < 1.29 is 9.90 Å². The van der Waals surface area contributed by atoms with E-state index >= 15 is 0 Å². The first-order valence-corrected chi connectivity index (χ1v) is 16.1. The minimum absolute atomic E-state index is 0.342. The predicted molar refractivity (Wildman–Crippen MR) is 131 cm³/mol. The van der Waals surface area contributed by atoms with Gasteiger partial charge in [0.2, 0.25) is 0 Å². The Hall–Kier alpha value is -0.753. The maximum atomic E-state index is 10.4. The number of carboxylic acid groups (broad SMARTS) is 1. The molecule has 1 N–H and O–H groups in total.